The van der Waals surface area contributed by atoms with Gasteiger partial charge in [0.25, 0.3) is 0 Å². The van der Waals surface area contributed by atoms with Gasteiger partial charge in [-0.25, -0.2) is 0 Å². The first-order chi connectivity index (χ1) is 8.74. The van der Waals surface area contributed by atoms with E-state index in [0.717, 1.165) is 25.7 Å². The Morgan fingerprint density at radius 2 is 1.89 bits per heavy atom. The Morgan fingerprint density at radius 1 is 1.17 bits per heavy atom. The van der Waals surface area contributed by atoms with Crippen molar-refractivity contribution < 1.29 is 9.59 Å². The number of carbonyl (C=O) groups excluding carboxylic acids is 2. The van der Waals surface area contributed by atoms with Crippen LogP contribution in [0.1, 0.15) is 39.0 Å². The van der Waals surface area contributed by atoms with Gasteiger partial charge in [-0.1, -0.05) is 44.4 Å². The van der Waals surface area contributed by atoms with E-state index in [4.69, 9.17) is 0 Å². The third kappa shape index (κ3) is 2.61. The molecule has 1 aliphatic rings. The number of hydrogen-bond donors (Lipinski definition) is 0. The van der Waals surface area contributed by atoms with Crippen LogP contribution >= 0.6 is 0 Å². The fraction of sp³-hybridized carbons (Fsp3) is 0.467. The Labute approximate surface area is 108 Å². The minimum absolute atomic E-state index is 0.0256. The smallest absolute Gasteiger partial charge is 0.237 e. The third-order valence-electron chi connectivity index (χ3n) is 3.41. The Bertz CT molecular complexity index is 427. The summed E-state index contributed by atoms with van der Waals surface area (Å²) in [7, 11) is 0. The zero-order chi connectivity index (χ0) is 13.0. The van der Waals surface area contributed by atoms with Crippen LogP contribution < -0.4 is 4.90 Å². The van der Waals surface area contributed by atoms with Crippen LogP contribution in [0.3, 0.4) is 0 Å². The number of nitrogens with zero attached hydrogens (tertiary/aromatic N) is 1. The zero-order valence-electron chi connectivity index (χ0n) is 10.8. The molecule has 0 radical (unpaired) electrons. The van der Waals surface area contributed by atoms with Crippen LogP contribution in [0.15, 0.2) is 30.3 Å². The fourth-order valence-corrected chi connectivity index (χ4v) is 2.41. The van der Waals surface area contributed by atoms with Crippen LogP contribution in [0.2, 0.25) is 0 Å². The van der Waals surface area contributed by atoms with Crippen molar-refractivity contribution in [3.05, 3.63) is 30.3 Å². The van der Waals surface area contributed by atoms with Gasteiger partial charge in [0.1, 0.15) is 0 Å². The molecule has 1 heterocycles. The predicted molar refractivity (Wildman–Crippen MR) is 71.2 cm³/mol. The molecule has 1 unspecified atom stereocenters. The molecule has 0 aliphatic carbocycles. The number of benzene rings is 1. The average molecular weight is 245 g/mol. The number of anilines is 1. The maximum absolute atomic E-state index is 12.2. The molecule has 0 bridgehead atoms. The Morgan fingerprint density at radius 3 is 2.56 bits per heavy atom. The summed E-state index contributed by atoms with van der Waals surface area (Å²) in [6.07, 6.45) is 4.50. The van der Waals surface area contributed by atoms with Gasteiger partial charge in [0, 0.05) is 12.3 Å². The lowest BCUT2D eigenvalue weighted by Crippen LogP contribution is -2.30. The first-order valence-corrected chi connectivity index (χ1v) is 6.66. The van der Waals surface area contributed by atoms with Gasteiger partial charge in [-0.2, -0.15) is 0 Å². The lowest BCUT2D eigenvalue weighted by molar-refractivity contribution is -0.122. The summed E-state index contributed by atoms with van der Waals surface area (Å²) in [6.45, 7) is 2.14. The average Bonchev–Trinajstić information content (AvgIpc) is 2.66. The van der Waals surface area contributed by atoms with Crippen LogP contribution in [-0.4, -0.2) is 11.8 Å². The van der Waals surface area contributed by atoms with E-state index >= 15 is 0 Å². The molecule has 1 saturated heterocycles. The quantitative estimate of drug-likeness (QED) is 0.590. The summed E-state index contributed by atoms with van der Waals surface area (Å²) >= 11 is 0. The van der Waals surface area contributed by atoms with E-state index in [-0.39, 0.29) is 17.7 Å². The SMILES string of the molecule is CCCCCC1CC(=O)N(c2ccccc2)C1=O. The minimum atomic E-state index is -0.107. The van der Waals surface area contributed by atoms with E-state index < -0.39 is 0 Å². The molecule has 1 fully saturated rings. The molecular formula is C15H19NO2. The number of carbonyl (C=O) groups is 2. The lowest BCUT2D eigenvalue weighted by atomic mass is 10.00. The first kappa shape index (κ1) is 12.8. The molecule has 96 valence electrons. The molecule has 0 saturated carbocycles. The second kappa shape index (κ2) is 5.80. The van der Waals surface area contributed by atoms with Crippen molar-refractivity contribution in [1.29, 1.82) is 0 Å². The van der Waals surface area contributed by atoms with E-state index in [1.807, 2.05) is 30.3 Å². The second-order valence-electron chi connectivity index (χ2n) is 4.80. The maximum Gasteiger partial charge on any atom is 0.237 e. The number of imide groups is 1. The van der Waals surface area contributed by atoms with Crippen LogP contribution in [0.4, 0.5) is 5.69 Å². The van der Waals surface area contributed by atoms with E-state index in [1.54, 1.807) is 0 Å². The summed E-state index contributed by atoms with van der Waals surface area (Å²) in [5.74, 6) is -0.195. The van der Waals surface area contributed by atoms with Gasteiger partial charge in [-0.3, -0.25) is 14.5 Å². The summed E-state index contributed by atoms with van der Waals surface area (Å²) in [5.41, 5.74) is 0.700. The molecule has 2 rings (SSSR count). The highest BCUT2D eigenvalue weighted by molar-refractivity contribution is 6.20. The van der Waals surface area contributed by atoms with E-state index in [9.17, 15) is 9.59 Å². The summed E-state index contributed by atoms with van der Waals surface area (Å²) in [4.78, 5) is 25.5. The van der Waals surface area contributed by atoms with Gasteiger partial charge in [0.05, 0.1) is 5.69 Å². The van der Waals surface area contributed by atoms with Crippen molar-refractivity contribution in [3.8, 4) is 0 Å². The highest BCUT2D eigenvalue weighted by Gasteiger charge is 2.38. The molecule has 3 nitrogen and oxygen atoms in total. The zero-order valence-corrected chi connectivity index (χ0v) is 10.8. The molecule has 1 aromatic carbocycles. The van der Waals surface area contributed by atoms with Crippen LogP contribution in [0.25, 0.3) is 0 Å². The predicted octanol–water partition coefficient (Wildman–Crippen LogP) is 3.15. The number of para-hydroxylation sites is 1. The van der Waals surface area contributed by atoms with Gasteiger partial charge in [-0.05, 0) is 18.6 Å². The van der Waals surface area contributed by atoms with Gasteiger partial charge in [-0.15, -0.1) is 0 Å². The Balaban J connectivity index is 2.06. The lowest BCUT2D eigenvalue weighted by Gasteiger charge is -2.14. The molecule has 0 spiro atoms. The van der Waals surface area contributed by atoms with Gasteiger partial charge in [0.15, 0.2) is 0 Å². The highest BCUT2D eigenvalue weighted by Crippen LogP contribution is 2.29. The van der Waals surface area contributed by atoms with Gasteiger partial charge < -0.3 is 0 Å². The Hall–Kier alpha value is -1.64. The fourth-order valence-electron chi connectivity index (χ4n) is 2.41. The van der Waals surface area contributed by atoms with Crippen molar-refractivity contribution in [2.24, 2.45) is 5.92 Å². The van der Waals surface area contributed by atoms with Gasteiger partial charge >= 0.3 is 0 Å². The molecular weight excluding hydrogens is 226 g/mol. The molecule has 2 amide bonds. The van der Waals surface area contributed by atoms with E-state index in [1.165, 1.54) is 4.90 Å². The normalized spacial score (nSPS) is 19.6. The highest BCUT2D eigenvalue weighted by atomic mass is 16.2. The van der Waals surface area contributed by atoms with Crippen molar-refractivity contribution in [1.82, 2.24) is 0 Å². The van der Waals surface area contributed by atoms with E-state index in [0.29, 0.717) is 12.1 Å². The van der Waals surface area contributed by atoms with Crippen molar-refractivity contribution in [3.63, 3.8) is 0 Å². The number of hydrogen-bond acceptors (Lipinski definition) is 2. The van der Waals surface area contributed by atoms with Gasteiger partial charge in [0.2, 0.25) is 11.8 Å². The van der Waals surface area contributed by atoms with E-state index in [2.05, 4.69) is 6.92 Å². The molecule has 0 aromatic heterocycles. The standard InChI is InChI=1S/C15H19NO2/c1-2-3-5-8-12-11-14(17)16(15(12)18)13-9-6-4-7-10-13/h4,6-7,9-10,12H,2-3,5,8,11H2,1H3. The third-order valence-corrected chi connectivity index (χ3v) is 3.41. The summed E-state index contributed by atoms with van der Waals surface area (Å²) in [6, 6.07) is 9.20. The summed E-state index contributed by atoms with van der Waals surface area (Å²) in [5, 5.41) is 0. The number of unbranched alkanes of at least 4 members (excludes halogenated alkanes) is 2. The van der Waals surface area contributed by atoms with Crippen molar-refractivity contribution in [2.45, 2.75) is 39.0 Å². The molecule has 1 aromatic rings. The first-order valence-electron chi connectivity index (χ1n) is 6.66. The monoisotopic (exact) mass is 245 g/mol. The molecule has 18 heavy (non-hydrogen) atoms. The number of amides is 2. The molecule has 1 atom stereocenters. The number of rotatable bonds is 5. The minimum Gasteiger partial charge on any atom is -0.274 e. The Kier molecular flexibility index (Phi) is 4.13. The van der Waals surface area contributed by atoms with Crippen LogP contribution in [0.5, 0.6) is 0 Å². The maximum atomic E-state index is 12.2. The molecule has 3 heteroatoms. The summed E-state index contributed by atoms with van der Waals surface area (Å²) < 4.78 is 0. The van der Waals surface area contributed by atoms with Crippen LogP contribution in [-0.2, 0) is 9.59 Å². The van der Waals surface area contributed by atoms with Crippen LogP contribution in [0, 0.1) is 5.92 Å². The topological polar surface area (TPSA) is 37.4 Å². The molecule has 0 N–H and O–H groups in total. The molecule has 1 aliphatic heterocycles. The van der Waals surface area contributed by atoms with Crippen molar-refractivity contribution in [2.75, 3.05) is 4.90 Å². The largest absolute Gasteiger partial charge is 0.274 e. The second-order valence-corrected chi connectivity index (χ2v) is 4.80. The van der Waals surface area contributed by atoms with Crippen molar-refractivity contribution >= 4 is 17.5 Å².